The van der Waals surface area contributed by atoms with Crippen molar-refractivity contribution >= 4 is 27.0 Å². The van der Waals surface area contributed by atoms with Gasteiger partial charge < -0.3 is 4.52 Å². The third-order valence-electron chi connectivity index (χ3n) is 4.74. The van der Waals surface area contributed by atoms with Crippen LogP contribution in [0.5, 0.6) is 0 Å². The lowest BCUT2D eigenvalue weighted by atomic mass is 10.1. The number of aromatic nitrogens is 1. The standard InChI is InChI=1S/C19H20N2O3S2/c1-11-9-17(24-20-11)18-13(3)25-14(4)19(18)26(22,23)21-12(2)10-15-7-5-6-8-16(15)21/h5-9,12H,10H2,1-4H3/t12-/m1/s1. The van der Waals surface area contributed by atoms with Gasteiger partial charge in [-0.25, -0.2) is 8.42 Å². The van der Waals surface area contributed by atoms with E-state index in [9.17, 15) is 8.42 Å². The first-order chi connectivity index (χ1) is 12.3. The van der Waals surface area contributed by atoms with Gasteiger partial charge in [-0.05, 0) is 45.7 Å². The number of fused-ring (bicyclic) bond motifs is 1. The molecule has 2 aromatic heterocycles. The fraction of sp³-hybridized carbons (Fsp3) is 0.316. The van der Waals surface area contributed by atoms with Crippen molar-refractivity contribution in [2.24, 2.45) is 0 Å². The molecule has 1 aliphatic heterocycles. The van der Waals surface area contributed by atoms with Gasteiger partial charge in [0.2, 0.25) is 0 Å². The minimum Gasteiger partial charge on any atom is -0.356 e. The Morgan fingerprint density at radius 1 is 1.19 bits per heavy atom. The van der Waals surface area contributed by atoms with E-state index < -0.39 is 10.0 Å². The van der Waals surface area contributed by atoms with Gasteiger partial charge in [0.1, 0.15) is 4.90 Å². The lowest BCUT2D eigenvalue weighted by molar-refractivity contribution is 0.426. The van der Waals surface area contributed by atoms with Crippen LogP contribution >= 0.6 is 11.3 Å². The largest absolute Gasteiger partial charge is 0.356 e. The lowest BCUT2D eigenvalue weighted by Gasteiger charge is -2.25. The van der Waals surface area contributed by atoms with Gasteiger partial charge in [0.25, 0.3) is 10.0 Å². The van der Waals surface area contributed by atoms with Crippen LogP contribution in [0.25, 0.3) is 11.3 Å². The summed E-state index contributed by atoms with van der Waals surface area (Å²) < 4.78 is 34.4. The van der Waals surface area contributed by atoms with Crippen LogP contribution in [0.3, 0.4) is 0 Å². The molecule has 7 heteroatoms. The number of benzene rings is 1. The number of thiophene rings is 1. The molecule has 136 valence electrons. The zero-order valence-corrected chi connectivity index (χ0v) is 16.7. The minimum absolute atomic E-state index is 0.124. The third kappa shape index (κ3) is 2.49. The van der Waals surface area contributed by atoms with Crippen LogP contribution < -0.4 is 4.31 Å². The summed E-state index contributed by atoms with van der Waals surface area (Å²) in [6.07, 6.45) is 0.717. The van der Waals surface area contributed by atoms with Gasteiger partial charge in [0.15, 0.2) is 5.76 Å². The van der Waals surface area contributed by atoms with E-state index in [4.69, 9.17) is 4.52 Å². The van der Waals surface area contributed by atoms with Crippen molar-refractivity contribution in [3.8, 4) is 11.3 Å². The van der Waals surface area contributed by atoms with E-state index in [1.54, 1.807) is 10.4 Å². The Morgan fingerprint density at radius 2 is 1.92 bits per heavy atom. The Kier molecular flexibility index (Phi) is 3.96. The van der Waals surface area contributed by atoms with Gasteiger partial charge in [-0.1, -0.05) is 23.4 Å². The van der Waals surface area contributed by atoms with E-state index in [-0.39, 0.29) is 6.04 Å². The summed E-state index contributed by atoms with van der Waals surface area (Å²) in [5.74, 6) is 0.503. The molecule has 1 aromatic carbocycles. The average Bonchev–Trinajstić information content (AvgIpc) is 3.21. The lowest BCUT2D eigenvalue weighted by Crippen LogP contribution is -2.36. The zero-order chi connectivity index (χ0) is 18.6. The molecule has 3 heterocycles. The van der Waals surface area contributed by atoms with E-state index in [0.29, 0.717) is 22.6 Å². The Bertz CT molecular complexity index is 1100. The van der Waals surface area contributed by atoms with E-state index in [0.717, 1.165) is 26.7 Å². The molecule has 0 spiro atoms. The highest BCUT2D eigenvalue weighted by Crippen LogP contribution is 2.44. The molecular weight excluding hydrogens is 368 g/mol. The summed E-state index contributed by atoms with van der Waals surface area (Å²) in [5, 5.41) is 3.94. The number of rotatable bonds is 3. The highest BCUT2D eigenvalue weighted by atomic mass is 32.2. The molecule has 5 nitrogen and oxygen atoms in total. The number of aryl methyl sites for hydroxylation is 3. The summed E-state index contributed by atoms with van der Waals surface area (Å²) in [7, 11) is -3.72. The molecule has 0 aliphatic carbocycles. The normalized spacial score (nSPS) is 16.9. The molecule has 0 saturated heterocycles. The van der Waals surface area contributed by atoms with Crippen molar-refractivity contribution < 1.29 is 12.9 Å². The van der Waals surface area contributed by atoms with Crippen LogP contribution in [0.15, 0.2) is 39.8 Å². The SMILES string of the molecule is Cc1cc(-c2c(C)sc(C)c2S(=O)(=O)N2c3ccccc3C[C@H]2C)on1. The van der Waals surface area contributed by atoms with Crippen LogP contribution in [0, 0.1) is 20.8 Å². The molecule has 0 N–H and O–H groups in total. The van der Waals surface area contributed by atoms with Gasteiger partial charge in [0.05, 0.1) is 16.9 Å². The first-order valence-electron chi connectivity index (χ1n) is 8.46. The number of hydrogen-bond donors (Lipinski definition) is 0. The number of sulfonamides is 1. The van der Waals surface area contributed by atoms with Crippen molar-refractivity contribution in [1.29, 1.82) is 0 Å². The van der Waals surface area contributed by atoms with E-state index in [1.807, 2.05) is 52.0 Å². The van der Waals surface area contributed by atoms with Crippen LogP contribution in [-0.4, -0.2) is 19.6 Å². The van der Waals surface area contributed by atoms with Gasteiger partial charge in [0, 0.05) is 21.9 Å². The molecule has 0 saturated carbocycles. The molecule has 1 aliphatic rings. The van der Waals surface area contributed by atoms with E-state index >= 15 is 0 Å². The summed E-state index contributed by atoms with van der Waals surface area (Å²) in [5.41, 5.74) is 3.18. The van der Waals surface area contributed by atoms with Gasteiger partial charge in [-0.3, -0.25) is 4.31 Å². The van der Waals surface area contributed by atoms with Crippen LogP contribution in [0.2, 0.25) is 0 Å². The maximum absolute atomic E-state index is 13.7. The molecule has 3 aromatic rings. The molecule has 0 fully saturated rings. The van der Waals surface area contributed by atoms with Crippen molar-refractivity contribution in [3.05, 3.63) is 51.3 Å². The zero-order valence-electron chi connectivity index (χ0n) is 15.1. The molecule has 1 atom stereocenters. The Labute approximate surface area is 157 Å². The predicted octanol–water partition coefficient (Wildman–Crippen LogP) is 4.47. The number of nitrogens with zero attached hydrogens (tertiary/aromatic N) is 2. The predicted molar refractivity (Wildman–Crippen MR) is 103 cm³/mol. The Balaban J connectivity index is 1.93. The summed E-state index contributed by atoms with van der Waals surface area (Å²) >= 11 is 1.47. The summed E-state index contributed by atoms with van der Waals surface area (Å²) in [6, 6.07) is 9.36. The molecule has 0 radical (unpaired) electrons. The second-order valence-corrected chi connectivity index (χ2v) is 9.91. The second-order valence-electron chi connectivity index (χ2n) is 6.73. The number of hydrogen-bond acceptors (Lipinski definition) is 5. The highest BCUT2D eigenvalue weighted by molar-refractivity contribution is 7.93. The molecule has 0 unspecified atom stereocenters. The van der Waals surface area contributed by atoms with Crippen molar-refractivity contribution in [2.75, 3.05) is 4.31 Å². The quantitative estimate of drug-likeness (QED) is 0.664. The van der Waals surface area contributed by atoms with Crippen LogP contribution in [0.1, 0.15) is 27.9 Å². The molecule has 0 bridgehead atoms. The van der Waals surface area contributed by atoms with E-state index in [1.165, 1.54) is 11.3 Å². The average molecular weight is 389 g/mol. The number of para-hydroxylation sites is 1. The Hall–Kier alpha value is -2.12. The molecule has 4 rings (SSSR count). The highest BCUT2D eigenvalue weighted by Gasteiger charge is 2.39. The first kappa shape index (κ1) is 17.3. The Morgan fingerprint density at radius 3 is 2.62 bits per heavy atom. The minimum atomic E-state index is -3.72. The molecule has 26 heavy (non-hydrogen) atoms. The second kappa shape index (κ2) is 5.96. The van der Waals surface area contributed by atoms with Crippen molar-refractivity contribution in [1.82, 2.24) is 5.16 Å². The monoisotopic (exact) mass is 388 g/mol. The van der Waals surface area contributed by atoms with Gasteiger partial charge in [-0.15, -0.1) is 11.3 Å². The van der Waals surface area contributed by atoms with Crippen LogP contribution in [-0.2, 0) is 16.4 Å². The fourth-order valence-corrected chi connectivity index (χ4v) is 7.26. The van der Waals surface area contributed by atoms with Crippen molar-refractivity contribution in [3.63, 3.8) is 0 Å². The van der Waals surface area contributed by atoms with E-state index in [2.05, 4.69) is 5.16 Å². The maximum Gasteiger partial charge on any atom is 0.266 e. The maximum atomic E-state index is 13.7. The smallest absolute Gasteiger partial charge is 0.266 e. The third-order valence-corrected chi connectivity index (χ3v) is 7.99. The molecular formula is C19H20N2O3S2. The van der Waals surface area contributed by atoms with Gasteiger partial charge in [-0.2, -0.15) is 0 Å². The topological polar surface area (TPSA) is 63.4 Å². The first-order valence-corrected chi connectivity index (χ1v) is 10.7. The summed E-state index contributed by atoms with van der Waals surface area (Å²) in [4.78, 5) is 2.01. The fourth-order valence-electron chi connectivity index (χ4n) is 3.74. The van der Waals surface area contributed by atoms with Crippen LogP contribution in [0.4, 0.5) is 5.69 Å². The van der Waals surface area contributed by atoms with Crippen molar-refractivity contribution in [2.45, 2.75) is 45.1 Å². The van der Waals surface area contributed by atoms with Gasteiger partial charge >= 0.3 is 0 Å². The summed E-state index contributed by atoms with van der Waals surface area (Å²) in [6.45, 7) is 7.55. The number of anilines is 1. The molecule has 0 amide bonds.